The van der Waals surface area contributed by atoms with E-state index in [1.165, 1.54) is 6.07 Å². The summed E-state index contributed by atoms with van der Waals surface area (Å²) in [6.07, 6.45) is -3.71. The Hall–Kier alpha value is -1.76. The van der Waals surface area contributed by atoms with Gasteiger partial charge < -0.3 is 15.5 Å². The second kappa shape index (κ2) is 5.32. The van der Waals surface area contributed by atoms with Gasteiger partial charge in [0, 0.05) is 5.69 Å². The quantitative estimate of drug-likeness (QED) is 0.733. The number of nitrogens with one attached hydrogen (secondary N) is 1. The molecule has 1 aromatic rings. The Kier molecular flexibility index (Phi) is 3.89. The van der Waals surface area contributed by atoms with E-state index in [0.717, 1.165) is 6.07 Å². The van der Waals surface area contributed by atoms with Gasteiger partial charge in [-0.3, -0.25) is 4.79 Å². The molecule has 0 heterocycles. The third-order valence-electron chi connectivity index (χ3n) is 3.39. The summed E-state index contributed by atoms with van der Waals surface area (Å²) in [6, 6.07) is 2.74. The Bertz CT molecular complexity index is 516. The highest BCUT2D eigenvalue weighted by Crippen LogP contribution is 2.37. The number of rotatable bonds is 2. The van der Waals surface area contributed by atoms with Crippen molar-refractivity contribution in [2.75, 3.05) is 5.32 Å². The maximum absolute atomic E-state index is 12.6. The summed E-state index contributed by atoms with van der Waals surface area (Å²) in [7, 11) is 0. The Labute approximate surface area is 113 Å². The molecule has 0 saturated heterocycles. The molecule has 1 aliphatic carbocycles. The van der Waals surface area contributed by atoms with E-state index in [0.29, 0.717) is 25.3 Å². The van der Waals surface area contributed by atoms with Crippen molar-refractivity contribution in [1.82, 2.24) is 0 Å². The molecule has 1 aliphatic rings. The van der Waals surface area contributed by atoms with Gasteiger partial charge in [-0.05, 0) is 37.5 Å². The van der Waals surface area contributed by atoms with Gasteiger partial charge in [-0.1, -0.05) is 0 Å². The number of hydrogen-bond acceptors (Lipinski definition) is 3. The van der Waals surface area contributed by atoms with Gasteiger partial charge in [-0.2, -0.15) is 13.2 Å². The van der Waals surface area contributed by atoms with Gasteiger partial charge in [-0.25, -0.2) is 0 Å². The fraction of sp³-hybridized carbons (Fsp3) is 0.462. The number of hydrogen-bond donors (Lipinski definition) is 3. The van der Waals surface area contributed by atoms with Gasteiger partial charge in [0.1, 0.15) is 5.75 Å². The van der Waals surface area contributed by atoms with Crippen molar-refractivity contribution >= 4 is 11.6 Å². The van der Waals surface area contributed by atoms with E-state index < -0.39 is 35.4 Å². The molecule has 0 spiro atoms. The highest BCUT2D eigenvalue weighted by molar-refractivity contribution is 5.93. The van der Waals surface area contributed by atoms with Crippen LogP contribution >= 0.6 is 0 Å². The third kappa shape index (κ3) is 3.04. The molecular formula is C13H14F3NO3. The minimum atomic E-state index is -4.70. The van der Waals surface area contributed by atoms with Crippen molar-refractivity contribution in [2.24, 2.45) is 5.92 Å². The lowest BCUT2D eigenvalue weighted by molar-refractivity contribution is -0.138. The van der Waals surface area contributed by atoms with E-state index in [1.807, 2.05) is 0 Å². The van der Waals surface area contributed by atoms with Crippen LogP contribution in [-0.2, 0) is 11.0 Å². The van der Waals surface area contributed by atoms with E-state index in [4.69, 9.17) is 0 Å². The number of alkyl halides is 3. The number of phenolic OH excluding ortho intramolecular Hbond substituents is 1. The van der Waals surface area contributed by atoms with Crippen molar-refractivity contribution in [1.29, 1.82) is 0 Å². The standard InChI is InChI=1S/C13H14F3NO3/c14-13(15,16)9-6-7(4-5-11(9)19)17-12(20)8-2-1-3-10(8)18/h4-6,8,10,18-19H,1-3H2,(H,17,20). The minimum absolute atomic E-state index is 0.0563. The predicted molar refractivity (Wildman–Crippen MR) is 65.1 cm³/mol. The first-order valence-electron chi connectivity index (χ1n) is 6.18. The topological polar surface area (TPSA) is 69.6 Å². The Balaban J connectivity index is 2.16. The number of aliphatic hydroxyl groups excluding tert-OH is 1. The van der Waals surface area contributed by atoms with Crippen molar-refractivity contribution in [2.45, 2.75) is 31.5 Å². The first-order valence-corrected chi connectivity index (χ1v) is 6.18. The monoisotopic (exact) mass is 289 g/mol. The molecule has 4 nitrogen and oxygen atoms in total. The van der Waals surface area contributed by atoms with Gasteiger partial charge in [-0.15, -0.1) is 0 Å². The fourth-order valence-corrected chi connectivity index (χ4v) is 2.32. The van der Waals surface area contributed by atoms with Crippen LogP contribution in [0, 0.1) is 5.92 Å². The number of benzene rings is 1. The molecule has 1 saturated carbocycles. The number of amides is 1. The molecule has 1 fully saturated rings. The minimum Gasteiger partial charge on any atom is -0.507 e. The van der Waals surface area contributed by atoms with Crippen LogP contribution in [0.3, 0.4) is 0 Å². The van der Waals surface area contributed by atoms with Crippen LogP contribution in [0.25, 0.3) is 0 Å². The number of halogens is 3. The first-order chi connectivity index (χ1) is 9.29. The molecule has 7 heteroatoms. The summed E-state index contributed by atoms with van der Waals surface area (Å²) in [5.74, 6) is -2.00. The zero-order valence-electron chi connectivity index (χ0n) is 10.4. The summed E-state index contributed by atoms with van der Waals surface area (Å²) in [4.78, 5) is 11.9. The summed E-state index contributed by atoms with van der Waals surface area (Å²) in [6.45, 7) is 0. The van der Waals surface area contributed by atoms with E-state index in [9.17, 15) is 28.2 Å². The second-order valence-corrected chi connectivity index (χ2v) is 4.82. The average molecular weight is 289 g/mol. The molecule has 1 aromatic carbocycles. The van der Waals surface area contributed by atoms with Crippen LogP contribution in [0.5, 0.6) is 5.75 Å². The Morgan fingerprint density at radius 2 is 2.00 bits per heavy atom. The molecule has 20 heavy (non-hydrogen) atoms. The second-order valence-electron chi connectivity index (χ2n) is 4.82. The molecule has 110 valence electrons. The largest absolute Gasteiger partial charge is 0.507 e. The van der Waals surface area contributed by atoms with E-state index >= 15 is 0 Å². The smallest absolute Gasteiger partial charge is 0.420 e. The molecule has 3 N–H and O–H groups in total. The number of aromatic hydroxyl groups is 1. The van der Waals surface area contributed by atoms with Crippen LogP contribution in [0.1, 0.15) is 24.8 Å². The molecule has 0 radical (unpaired) electrons. The maximum Gasteiger partial charge on any atom is 0.420 e. The van der Waals surface area contributed by atoms with Gasteiger partial charge in [0.05, 0.1) is 17.6 Å². The molecule has 0 aliphatic heterocycles. The van der Waals surface area contributed by atoms with Crippen LogP contribution in [0.2, 0.25) is 0 Å². The lowest BCUT2D eigenvalue weighted by atomic mass is 10.0. The number of phenols is 1. The van der Waals surface area contributed by atoms with Crippen molar-refractivity contribution in [3.05, 3.63) is 23.8 Å². The van der Waals surface area contributed by atoms with Crippen molar-refractivity contribution < 1.29 is 28.2 Å². The number of carbonyl (C=O) groups excluding carboxylic acids is 1. The predicted octanol–water partition coefficient (Wildman–Crippen LogP) is 2.51. The van der Waals surface area contributed by atoms with Gasteiger partial charge in [0.15, 0.2) is 0 Å². The lowest BCUT2D eigenvalue weighted by Crippen LogP contribution is -2.28. The van der Waals surface area contributed by atoms with E-state index in [1.54, 1.807) is 0 Å². The summed E-state index contributed by atoms with van der Waals surface area (Å²) >= 11 is 0. The normalized spacial score (nSPS) is 22.8. The average Bonchev–Trinajstić information content (AvgIpc) is 2.76. The first kappa shape index (κ1) is 14.6. The lowest BCUT2D eigenvalue weighted by Gasteiger charge is -2.16. The summed E-state index contributed by atoms with van der Waals surface area (Å²) < 4.78 is 37.8. The van der Waals surface area contributed by atoms with Crippen molar-refractivity contribution in [3.8, 4) is 5.75 Å². The molecule has 0 aromatic heterocycles. The summed E-state index contributed by atoms with van der Waals surface area (Å²) in [5, 5.41) is 21.1. The highest BCUT2D eigenvalue weighted by Gasteiger charge is 2.35. The van der Waals surface area contributed by atoms with Crippen LogP contribution in [0.4, 0.5) is 18.9 Å². The molecule has 0 bridgehead atoms. The zero-order chi connectivity index (χ0) is 14.9. The number of anilines is 1. The van der Waals surface area contributed by atoms with Crippen LogP contribution in [0.15, 0.2) is 18.2 Å². The molecule has 2 unspecified atom stereocenters. The molecule has 2 rings (SSSR count). The number of aliphatic hydroxyl groups is 1. The maximum atomic E-state index is 12.6. The Morgan fingerprint density at radius 1 is 1.30 bits per heavy atom. The fourth-order valence-electron chi connectivity index (χ4n) is 2.32. The highest BCUT2D eigenvalue weighted by atomic mass is 19.4. The number of carbonyl (C=O) groups is 1. The molecular weight excluding hydrogens is 275 g/mol. The van der Waals surface area contributed by atoms with Gasteiger partial charge >= 0.3 is 6.18 Å². The van der Waals surface area contributed by atoms with Gasteiger partial charge in [0.25, 0.3) is 0 Å². The van der Waals surface area contributed by atoms with E-state index in [-0.39, 0.29) is 5.69 Å². The SMILES string of the molecule is O=C(Nc1ccc(O)c(C(F)(F)F)c1)C1CCCC1O. The Morgan fingerprint density at radius 3 is 2.55 bits per heavy atom. The molecule has 2 atom stereocenters. The van der Waals surface area contributed by atoms with Crippen molar-refractivity contribution in [3.63, 3.8) is 0 Å². The van der Waals surface area contributed by atoms with E-state index in [2.05, 4.69) is 5.32 Å². The summed E-state index contributed by atoms with van der Waals surface area (Å²) in [5.41, 5.74) is -1.26. The van der Waals surface area contributed by atoms with Crippen LogP contribution in [-0.4, -0.2) is 22.2 Å². The zero-order valence-corrected chi connectivity index (χ0v) is 10.4. The third-order valence-corrected chi connectivity index (χ3v) is 3.39. The van der Waals surface area contributed by atoms with Crippen LogP contribution < -0.4 is 5.32 Å². The van der Waals surface area contributed by atoms with Gasteiger partial charge in [0.2, 0.25) is 5.91 Å². The molecule has 1 amide bonds.